The Morgan fingerprint density at radius 3 is 2.29 bits per heavy atom. The maximum absolute atomic E-state index is 12.6. The highest BCUT2D eigenvalue weighted by Crippen LogP contribution is 2.31. The van der Waals surface area contributed by atoms with E-state index in [0.29, 0.717) is 18.0 Å². The SMILES string of the molecule is C/C=C1/CCCC[C@H]1C(=O)N(C(C)C)C(C)C. The van der Waals surface area contributed by atoms with Gasteiger partial charge >= 0.3 is 0 Å². The van der Waals surface area contributed by atoms with Gasteiger partial charge in [0.15, 0.2) is 0 Å². The van der Waals surface area contributed by atoms with E-state index in [1.807, 2.05) is 4.90 Å². The first-order valence-corrected chi connectivity index (χ1v) is 6.96. The Kier molecular flexibility index (Phi) is 5.23. The van der Waals surface area contributed by atoms with Gasteiger partial charge in [0, 0.05) is 12.1 Å². The van der Waals surface area contributed by atoms with Crippen LogP contribution in [-0.4, -0.2) is 22.9 Å². The van der Waals surface area contributed by atoms with Crippen molar-refractivity contribution in [3.8, 4) is 0 Å². The third-order valence-electron chi connectivity index (χ3n) is 3.69. The molecule has 0 aliphatic heterocycles. The van der Waals surface area contributed by atoms with E-state index in [-0.39, 0.29) is 5.92 Å². The highest BCUT2D eigenvalue weighted by Gasteiger charge is 2.31. The molecule has 2 nitrogen and oxygen atoms in total. The van der Waals surface area contributed by atoms with Crippen LogP contribution in [0.5, 0.6) is 0 Å². The molecular formula is C15H27NO. The second-order valence-corrected chi connectivity index (χ2v) is 5.59. The molecule has 98 valence electrons. The number of allylic oxidation sites excluding steroid dienone is 1. The number of hydrogen-bond acceptors (Lipinski definition) is 1. The first kappa shape index (κ1) is 14.3. The number of carbonyl (C=O) groups is 1. The van der Waals surface area contributed by atoms with Crippen molar-refractivity contribution in [2.75, 3.05) is 0 Å². The number of carbonyl (C=O) groups excluding carboxylic acids is 1. The number of rotatable bonds is 3. The Bertz CT molecular complexity index is 283. The zero-order valence-electron chi connectivity index (χ0n) is 12.0. The largest absolute Gasteiger partial charge is 0.337 e. The van der Waals surface area contributed by atoms with E-state index in [0.717, 1.165) is 12.8 Å². The van der Waals surface area contributed by atoms with Gasteiger partial charge < -0.3 is 4.90 Å². The fourth-order valence-corrected chi connectivity index (χ4v) is 2.95. The lowest BCUT2D eigenvalue weighted by molar-refractivity contribution is -0.138. The van der Waals surface area contributed by atoms with E-state index < -0.39 is 0 Å². The lowest BCUT2D eigenvalue weighted by Gasteiger charge is -2.36. The van der Waals surface area contributed by atoms with E-state index in [4.69, 9.17) is 0 Å². The molecule has 2 heteroatoms. The van der Waals surface area contributed by atoms with Crippen molar-refractivity contribution in [3.63, 3.8) is 0 Å². The average molecular weight is 237 g/mol. The molecule has 0 N–H and O–H groups in total. The molecule has 0 unspecified atom stereocenters. The Labute approximate surface area is 106 Å². The van der Waals surface area contributed by atoms with E-state index in [1.54, 1.807) is 0 Å². The predicted molar refractivity (Wildman–Crippen MR) is 72.8 cm³/mol. The molecule has 0 aromatic rings. The van der Waals surface area contributed by atoms with Gasteiger partial charge in [-0.25, -0.2) is 0 Å². The third-order valence-corrected chi connectivity index (χ3v) is 3.69. The molecule has 1 atom stereocenters. The van der Waals surface area contributed by atoms with Gasteiger partial charge in [-0.3, -0.25) is 4.79 Å². The van der Waals surface area contributed by atoms with Crippen LogP contribution in [0, 0.1) is 5.92 Å². The van der Waals surface area contributed by atoms with Crippen LogP contribution in [0.4, 0.5) is 0 Å². The molecule has 0 aromatic heterocycles. The van der Waals surface area contributed by atoms with Crippen molar-refractivity contribution in [1.29, 1.82) is 0 Å². The van der Waals surface area contributed by atoms with Crippen LogP contribution in [0.3, 0.4) is 0 Å². The maximum atomic E-state index is 12.6. The Morgan fingerprint density at radius 1 is 1.24 bits per heavy atom. The monoisotopic (exact) mass is 237 g/mol. The molecule has 0 aromatic carbocycles. The number of amides is 1. The Morgan fingerprint density at radius 2 is 1.82 bits per heavy atom. The van der Waals surface area contributed by atoms with Crippen molar-refractivity contribution < 1.29 is 4.79 Å². The Hall–Kier alpha value is -0.790. The van der Waals surface area contributed by atoms with Crippen LogP contribution >= 0.6 is 0 Å². The summed E-state index contributed by atoms with van der Waals surface area (Å²) in [5.41, 5.74) is 1.35. The summed E-state index contributed by atoms with van der Waals surface area (Å²) < 4.78 is 0. The molecule has 1 amide bonds. The molecule has 1 rings (SSSR count). The smallest absolute Gasteiger partial charge is 0.230 e. The van der Waals surface area contributed by atoms with E-state index in [2.05, 4.69) is 40.7 Å². The minimum absolute atomic E-state index is 0.151. The van der Waals surface area contributed by atoms with Crippen molar-refractivity contribution in [2.45, 2.75) is 72.4 Å². The molecule has 1 aliphatic carbocycles. The molecule has 1 saturated carbocycles. The van der Waals surface area contributed by atoms with Crippen molar-refractivity contribution in [1.82, 2.24) is 4.90 Å². The predicted octanol–water partition coefficient (Wildman–Crippen LogP) is 3.77. The number of hydrogen-bond donors (Lipinski definition) is 0. The summed E-state index contributed by atoms with van der Waals surface area (Å²) in [7, 11) is 0. The summed E-state index contributed by atoms with van der Waals surface area (Å²) in [6.07, 6.45) is 6.73. The minimum Gasteiger partial charge on any atom is -0.337 e. The average Bonchev–Trinajstić information content (AvgIpc) is 2.27. The summed E-state index contributed by atoms with van der Waals surface area (Å²) in [5, 5.41) is 0. The summed E-state index contributed by atoms with van der Waals surface area (Å²) in [6.45, 7) is 10.5. The summed E-state index contributed by atoms with van der Waals surface area (Å²) in [5.74, 6) is 0.487. The zero-order chi connectivity index (χ0) is 13.0. The molecule has 0 spiro atoms. The van der Waals surface area contributed by atoms with E-state index >= 15 is 0 Å². The standard InChI is InChI=1S/C15H27NO/c1-6-13-9-7-8-10-14(13)15(17)16(11(2)3)12(4)5/h6,11-12,14H,7-10H2,1-5H3/b13-6-/t14-/m1/s1. The Balaban J connectivity index is 2.85. The van der Waals surface area contributed by atoms with Crippen LogP contribution in [0.25, 0.3) is 0 Å². The van der Waals surface area contributed by atoms with Gasteiger partial charge in [-0.05, 0) is 53.9 Å². The van der Waals surface area contributed by atoms with Crippen LogP contribution in [0.2, 0.25) is 0 Å². The quantitative estimate of drug-likeness (QED) is 0.684. The molecule has 1 aliphatic rings. The van der Waals surface area contributed by atoms with E-state index in [1.165, 1.54) is 18.4 Å². The molecule has 1 fully saturated rings. The first-order chi connectivity index (χ1) is 7.99. The fraction of sp³-hybridized carbons (Fsp3) is 0.800. The molecular weight excluding hydrogens is 210 g/mol. The van der Waals surface area contributed by atoms with Crippen LogP contribution in [0.15, 0.2) is 11.6 Å². The summed E-state index contributed by atoms with van der Waals surface area (Å²) >= 11 is 0. The highest BCUT2D eigenvalue weighted by atomic mass is 16.2. The third kappa shape index (κ3) is 3.34. The summed E-state index contributed by atoms with van der Waals surface area (Å²) in [4.78, 5) is 14.7. The topological polar surface area (TPSA) is 20.3 Å². The highest BCUT2D eigenvalue weighted by molar-refractivity contribution is 5.82. The van der Waals surface area contributed by atoms with Crippen molar-refractivity contribution >= 4 is 5.91 Å². The summed E-state index contributed by atoms with van der Waals surface area (Å²) in [6, 6.07) is 0.588. The van der Waals surface area contributed by atoms with Gasteiger partial charge in [-0.2, -0.15) is 0 Å². The van der Waals surface area contributed by atoms with Gasteiger partial charge in [-0.1, -0.05) is 18.1 Å². The lowest BCUT2D eigenvalue weighted by Crippen LogP contribution is -2.46. The van der Waals surface area contributed by atoms with Gasteiger partial charge in [0.05, 0.1) is 5.92 Å². The molecule has 0 heterocycles. The van der Waals surface area contributed by atoms with Crippen molar-refractivity contribution in [3.05, 3.63) is 11.6 Å². The normalized spacial score (nSPS) is 23.5. The van der Waals surface area contributed by atoms with Crippen LogP contribution < -0.4 is 0 Å². The van der Waals surface area contributed by atoms with Crippen molar-refractivity contribution in [2.24, 2.45) is 5.92 Å². The first-order valence-electron chi connectivity index (χ1n) is 6.96. The molecule has 0 saturated heterocycles. The lowest BCUT2D eigenvalue weighted by atomic mass is 9.82. The number of nitrogens with zero attached hydrogens (tertiary/aromatic N) is 1. The van der Waals surface area contributed by atoms with Gasteiger partial charge in [0.1, 0.15) is 0 Å². The minimum atomic E-state index is 0.151. The van der Waals surface area contributed by atoms with Gasteiger partial charge in [-0.15, -0.1) is 0 Å². The zero-order valence-corrected chi connectivity index (χ0v) is 12.0. The maximum Gasteiger partial charge on any atom is 0.230 e. The fourth-order valence-electron chi connectivity index (χ4n) is 2.95. The second kappa shape index (κ2) is 6.23. The molecule has 0 bridgehead atoms. The van der Waals surface area contributed by atoms with Crippen LogP contribution in [0.1, 0.15) is 60.3 Å². The van der Waals surface area contributed by atoms with E-state index in [9.17, 15) is 4.79 Å². The molecule has 0 radical (unpaired) electrons. The van der Waals surface area contributed by atoms with Crippen LogP contribution in [-0.2, 0) is 4.79 Å². The van der Waals surface area contributed by atoms with Gasteiger partial charge in [0.2, 0.25) is 5.91 Å². The van der Waals surface area contributed by atoms with Gasteiger partial charge in [0.25, 0.3) is 0 Å². The second-order valence-electron chi connectivity index (χ2n) is 5.59. The molecule has 17 heavy (non-hydrogen) atoms.